The molecule has 0 amide bonds. The van der Waals surface area contributed by atoms with Gasteiger partial charge in [-0.2, -0.15) is 0 Å². The lowest BCUT2D eigenvalue weighted by Gasteiger charge is -2.09. The third-order valence-corrected chi connectivity index (χ3v) is 6.15. The van der Waals surface area contributed by atoms with Crippen molar-refractivity contribution in [2.75, 3.05) is 13.2 Å². The molecule has 0 radical (unpaired) electrons. The van der Waals surface area contributed by atoms with Gasteiger partial charge in [0.05, 0.1) is 4.90 Å². The number of esters is 1. The molecule has 0 aliphatic carbocycles. The smallest absolute Gasteiger partial charge is 0.306 e. The SMILES string of the molecule is Cc1ccc(C)c(C(=O)COC(=O)CCCNS(=O)(=O)c2ccc(C)c(C)c2)c1. The Morgan fingerprint density at radius 2 is 1.62 bits per heavy atom. The van der Waals surface area contributed by atoms with Gasteiger partial charge in [0.1, 0.15) is 0 Å². The van der Waals surface area contributed by atoms with Gasteiger partial charge < -0.3 is 4.74 Å². The molecular formula is C22H27NO5S. The third-order valence-electron chi connectivity index (χ3n) is 4.70. The zero-order chi connectivity index (χ0) is 21.6. The summed E-state index contributed by atoms with van der Waals surface area (Å²) in [6.45, 7) is 7.27. The van der Waals surface area contributed by atoms with Gasteiger partial charge >= 0.3 is 5.97 Å². The molecule has 0 unspecified atom stereocenters. The van der Waals surface area contributed by atoms with Crippen molar-refractivity contribution < 1.29 is 22.7 Å². The molecule has 6 nitrogen and oxygen atoms in total. The molecule has 0 fully saturated rings. The van der Waals surface area contributed by atoms with Crippen molar-refractivity contribution in [2.45, 2.75) is 45.4 Å². The topological polar surface area (TPSA) is 89.5 Å². The van der Waals surface area contributed by atoms with Crippen LogP contribution in [0.2, 0.25) is 0 Å². The first-order chi connectivity index (χ1) is 13.6. The van der Waals surface area contributed by atoms with E-state index < -0.39 is 16.0 Å². The van der Waals surface area contributed by atoms with Crippen molar-refractivity contribution in [1.29, 1.82) is 0 Å². The molecule has 2 rings (SSSR count). The lowest BCUT2D eigenvalue weighted by atomic mass is 10.0. The number of benzene rings is 2. The van der Waals surface area contributed by atoms with E-state index in [1.54, 1.807) is 24.3 Å². The molecule has 0 atom stereocenters. The number of Topliss-reactive ketones (excluding diaryl/α,β-unsaturated/α-hetero) is 1. The molecule has 2 aromatic rings. The summed E-state index contributed by atoms with van der Waals surface area (Å²) in [5.74, 6) is -0.788. The third kappa shape index (κ3) is 6.51. The highest BCUT2D eigenvalue weighted by molar-refractivity contribution is 7.89. The van der Waals surface area contributed by atoms with Crippen LogP contribution >= 0.6 is 0 Å². The van der Waals surface area contributed by atoms with Gasteiger partial charge in [0, 0.05) is 18.5 Å². The molecule has 1 N–H and O–H groups in total. The van der Waals surface area contributed by atoms with Gasteiger partial charge in [0.25, 0.3) is 0 Å². The molecule has 0 saturated carbocycles. The number of nitrogens with one attached hydrogen (secondary N) is 1. The maximum absolute atomic E-state index is 12.3. The van der Waals surface area contributed by atoms with Gasteiger partial charge in [0.2, 0.25) is 15.8 Å². The van der Waals surface area contributed by atoms with E-state index in [0.717, 1.165) is 22.3 Å². The maximum Gasteiger partial charge on any atom is 0.306 e. The first-order valence-corrected chi connectivity index (χ1v) is 10.9. The van der Waals surface area contributed by atoms with Gasteiger partial charge in [-0.1, -0.05) is 23.8 Å². The van der Waals surface area contributed by atoms with E-state index in [4.69, 9.17) is 4.74 Å². The van der Waals surface area contributed by atoms with Gasteiger partial charge in [-0.05, 0) is 69.0 Å². The highest BCUT2D eigenvalue weighted by Gasteiger charge is 2.15. The highest BCUT2D eigenvalue weighted by atomic mass is 32.2. The van der Waals surface area contributed by atoms with Crippen molar-refractivity contribution in [3.05, 3.63) is 64.2 Å². The summed E-state index contributed by atoms with van der Waals surface area (Å²) in [6.07, 6.45) is 0.302. The summed E-state index contributed by atoms with van der Waals surface area (Å²) in [5.41, 5.74) is 4.24. The number of ketones is 1. The maximum atomic E-state index is 12.3. The molecule has 0 spiro atoms. The molecule has 29 heavy (non-hydrogen) atoms. The minimum atomic E-state index is -3.62. The van der Waals surface area contributed by atoms with E-state index >= 15 is 0 Å². The molecule has 0 aliphatic rings. The Morgan fingerprint density at radius 1 is 0.931 bits per heavy atom. The van der Waals surface area contributed by atoms with Crippen LogP contribution < -0.4 is 4.72 Å². The van der Waals surface area contributed by atoms with Crippen molar-refractivity contribution in [3.63, 3.8) is 0 Å². The van der Waals surface area contributed by atoms with Crippen LogP contribution in [0, 0.1) is 27.7 Å². The number of aryl methyl sites for hydroxylation is 4. The molecule has 156 valence electrons. The molecule has 0 aliphatic heterocycles. The molecule has 2 aromatic carbocycles. The van der Waals surface area contributed by atoms with E-state index in [1.165, 1.54) is 0 Å². The number of rotatable bonds is 9. The van der Waals surface area contributed by atoms with E-state index in [0.29, 0.717) is 5.56 Å². The van der Waals surface area contributed by atoms with Crippen LogP contribution in [0.15, 0.2) is 41.3 Å². The summed E-state index contributed by atoms with van der Waals surface area (Å²) in [6, 6.07) is 10.5. The fourth-order valence-corrected chi connectivity index (χ4v) is 3.89. The lowest BCUT2D eigenvalue weighted by molar-refractivity contribution is -0.142. The second-order valence-electron chi connectivity index (χ2n) is 7.15. The fraction of sp³-hybridized carbons (Fsp3) is 0.364. The van der Waals surface area contributed by atoms with Crippen molar-refractivity contribution in [1.82, 2.24) is 4.72 Å². The number of carbonyl (C=O) groups is 2. The van der Waals surface area contributed by atoms with Gasteiger partial charge in [0.15, 0.2) is 6.61 Å². The van der Waals surface area contributed by atoms with Gasteiger partial charge in [-0.3, -0.25) is 9.59 Å². The first-order valence-electron chi connectivity index (χ1n) is 9.43. The predicted octanol–water partition coefficient (Wildman–Crippen LogP) is 3.40. The zero-order valence-corrected chi connectivity index (χ0v) is 18.1. The van der Waals surface area contributed by atoms with Crippen molar-refractivity contribution in [2.24, 2.45) is 0 Å². The molecule has 0 bridgehead atoms. The Balaban J connectivity index is 1.77. The van der Waals surface area contributed by atoms with Crippen LogP contribution in [0.5, 0.6) is 0 Å². The standard InChI is InChI=1S/C22H27NO5S/c1-15-7-8-17(3)20(12-15)21(24)14-28-22(25)6-5-11-23-29(26,27)19-10-9-16(2)18(4)13-19/h7-10,12-13,23H,5-6,11,14H2,1-4H3. The molecule has 0 aromatic heterocycles. The molecule has 0 heterocycles. The van der Waals surface area contributed by atoms with E-state index in [-0.39, 0.29) is 36.7 Å². The van der Waals surface area contributed by atoms with Crippen LogP contribution in [0.4, 0.5) is 0 Å². The van der Waals surface area contributed by atoms with Crippen LogP contribution in [-0.4, -0.2) is 33.3 Å². The lowest BCUT2D eigenvalue weighted by Crippen LogP contribution is -2.25. The van der Waals surface area contributed by atoms with Crippen LogP contribution in [0.3, 0.4) is 0 Å². The second kappa shape index (κ2) is 9.80. The molecular weight excluding hydrogens is 390 g/mol. The van der Waals surface area contributed by atoms with E-state index in [9.17, 15) is 18.0 Å². The second-order valence-corrected chi connectivity index (χ2v) is 8.92. The molecule has 0 saturated heterocycles. The number of carbonyl (C=O) groups excluding carboxylic acids is 2. The Hall–Kier alpha value is -2.51. The monoisotopic (exact) mass is 417 g/mol. The Kier molecular flexibility index (Phi) is 7.70. The van der Waals surface area contributed by atoms with Crippen LogP contribution in [0.1, 0.15) is 45.5 Å². The number of sulfonamides is 1. The zero-order valence-electron chi connectivity index (χ0n) is 17.2. The molecule has 7 heteroatoms. The summed E-state index contributed by atoms with van der Waals surface area (Å²) in [7, 11) is -3.62. The Labute approximate surface area is 172 Å². The summed E-state index contributed by atoms with van der Waals surface area (Å²) < 4.78 is 32.1. The van der Waals surface area contributed by atoms with E-state index in [1.807, 2.05) is 39.8 Å². The van der Waals surface area contributed by atoms with E-state index in [2.05, 4.69) is 4.72 Å². The Morgan fingerprint density at radius 3 is 2.31 bits per heavy atom. The summed E-state index contributed by atoms with van der Waals surface area (Å²) in [4.78, 5) is 24.3. The van der Waals surface area contributed by atoms with Gasteiger partial charge in [-0.25, -0.2) is 13.1 Å². The average molecular weight is 418 g/mol. The average Bonchev–Trinajstić information content (AvgIpc) is 2.67. The number of hydrogen-bond donors (Lipinski definition) is 1. The minimum Gasteiger partial charge on any atom is -0.457 e. The van der Waals surface area contributed by atoms with Crippen LogP contribution in [0.25, 0.3) is 0 Å². The Bertz CT molecular complexity index is 1010. The normalized spacial score (nSPS) is 11.3. The van der Waals surface area contributed by atoms with Gasteiger partial charge in [-0.15, -0.1) is 0 Å². The largest absolute Gasteiger partial charge is 0.457 e. The summed E-state index contributed by atoms with van der Waals surface area (Å²) in [5, 5.41) is 0. The fourth-order valence-electron chi connectivity index (χ4n) is 2.74. The first kappa shape index (κ1) is 22.8. The quantitative estimate of drug-likeness (QED) is 0.384. The minimum absolute atomic E-state index is 0.0233. The highest BCUT2D eigenvalue weighted by Crippen LogP contribution is 2.15. The summed E-state index contributed by atoms with van der Waals surface area (Å²) >= 11 is 0. The number of hydrogen-bond acceptors (Lipinski definition) is 5. The predicted molar refractivity (Wildman–Crippen MR) is 112 cm³/mol. The number of ether oxygens (including phenoxy) is 1. The van der Waals surface area contributed by atoms with Crippen LogP contribution in [-0.2, 0) is 19.6 Å². The van der Waals surface area contributed by atoms with Crippen molar-refractivity contribution in [3.8, 4) is 0 Å². The van der Waals surface area contributed by atoms with Crippen molar-refractivity contribution >= 4 is 21.8 Å².